The van der Waals surface area contributed by atoms with Gasteiger partial charge >= 0.3 is 0 Å². The van der Waals surface area contributed by atoms with Crippen molar-refractivity contribution in [1.29, 1.82) is 0 Å². The summed E-state index contributed by atoms with van der Waals surface area (Å²) in [5, 5.41) is 10.3. The van der Waals surface area contributed by atoms with Crippen LogP contribution in [0.4, 0.5) is 0 Å². The molecule has 1 aliphatic carbocycles. The van der Waals surface area contributed by atoms with Crippen LogP contribution >= 0.6 is 0 Å². The van der Waals surface area contributed by atoms with Crippen LogP contribution < -0.4 is 10.6 Å². The summed E-state index contributed by atoms with van der Waals surface area (Å²) in [6.45, 7) is 4.27. The number of carbonyl (C=O) groups is 1. The number of rotatable bonds is 5. The molecule has 2 rings (SSSR count). The van der Waals surface area contributed by atoms with Crippen LogP contribution in [0, 0.1) is 13.8 Å². The third-order valence-corrected chi connectivity index (χ3v) is 4.48. The highest BCUT2D eigenvalue weighted by atomic mass is 16.5. The Bertz CT molecular complexity index is 442. The lowest BCUT2D eigenvalue weighted by Gasteiger charge is -2.36. The van der Waals surface area contributed by atoms with Crippen molar-refractivity contribution in [2.45, 2.75) is 64.5 Å². The molecule has 20 heavy (non-hydrogen) atoms. The molecule has 0 saturated heterocycles. The Kier molecular flexibility index (Phi) is 4.81. The van der Waals surface area contributed by atoms with E-state index in [-0.39, 0.29) is 11.4 Å². The van der Waals surface area contributed by atoms with Gasteiger partial charge < -0.3 is 15.2 Å². The smallest absolute Gasteiger partial charge is 0.222 e. The number of aromatic nitrogens is 1. The van der Waals surface area contributed by atoms with Crippen molar-refractivity contribution in [1.82, 2.24) is 15.8 Å². The Morgan fingerprint density at radius 1 is 1.30 bits per heavy atom. The van der Waals surface area contributed by atoms with Gasteiger partial charge in [-0.2, -0.15) is 0 Å². The maximum absolute atomic E-state index is 12.2. The van der Waals surface area contributed by atoms with E-state index in [0.29, 0.717) is 13.0 Å². The molecular weight excluding hydrogens is 254 g/mol. The van der Waals surface area contributed by atoms with Crippen LogP contribution in [0.1, 0.15) is 55.5 Å². The summed E-state index contributed by atoms with van der Waals surface area (Å²) in [7, 11) is 1.97. The zero-order chi connectivity index (χ0) is 14.6. The first kappa shape index (κ1) is 15.0. The van der Waals surface area contributed by atoms with E-state index in [1.807, 2.05) is 20.9 Å². The summed E-state index contributed by atoms with van der Waals surface area (Å²) < 4.78 is 5.10. The molecule has 0 bridgehead atoms. The highest BCUT2D eigenvalue weighted by molar-refractivity contribution is 5.77. The molecule has 0 aliphatic heterocycles. The summed E-state index contributed by atoms with van der Waals surface area (Å²) >= 11 is 0. The Morgan fingerprint density at radius 3 is 2.55 bits per heavy atom. The van der Waals surface area contributed by atoms with Crippen molar-refractivity contribution in [2.75, 3.05) is 7.05 Å². The monoisotopic (exact) mass is 279 g/mol. The highest BCUT2D eigenvalue weighted by Gasteiger charge is 2.32. The minimum atomic E-state index is -0.0128. The van der Waals surface area contributed by atoms with Crippen LogP contribution in [0.15, 0.2) is 4.52 Å². The second-order valence-electron chi connectivity index (χ2n) is 5.85. The van der Waals surface area contributed by atoms with E-state index in [2.05, 4.69) is 15.8 Å². The van der Waals surface area contributed by atoms with Crippen molar-refractivity contribution < 1.29 is 9.32 Å². The van der Waals surface area contributed by atoms with Crippen molar-refractivity contribution in [3.63, 3.8) is 0 Å². The Balaban J connectivity index is 1.89. The molecule has 1 fully saturated rings. The SMILES string of the molecule is CNC1(CC(=O)NCc2c(C)noc2C)CCCCC1. The first-order valence-electron chi connectivity index (χ1n) is 7.44. The summed E-state index contributed by atoms with van der Waals surface area (Å²) in [5.41, 5.74) is 1.82. The predicted octanol–water partition coefficient (Wildman–Crippen LogP) is 2.22. The van der Waals surface area contributed by atoms with Gasteiger partial charge in [-0.15, -0.1) is 0 Å². The largest absolute Gasteiger partial charge is 0.361 e. The van der Waals surface area contributed by atoms with E-state index in [1.54, 1.807) is 0 Å². The Labute approximate surface area is 120 Å². The molecule has 0 unspecified atom stereocenters. The molecule has 2 N–H and O–H groups in total. The number of nitrogens with one attached hydrogen (secondary N) is 2. The number of amides is 1. The van der Waals surface area contributed by atoms with Gasteiger partial charge in [0, 0.05) is 24.1 Å². The first-order valence-corrected chi connectivity index (χ1v) is 7.44. The second-order valence-corrected chi connectivity index (χ2v) is 5.85. The summed E-state index contributed by atoms with van der Waals surface area (Å²) in [5.74, 6) is 0.880. The number of carbonyl (C=O) groups excluding carboxylic acids is 1. The van der Waals surface area contributed by atoms with Gasteiger partial charge in [0.2, 0.25) is 5.91 Å². The third-order valence-electron chi connectivity index (χ3n) is 4.48. The molecule has 1 aromatic heterocycles. The van der Waals surface area contributed by atoms with Crippen molar-refractivity contribution >= 4 is 5.91 Å². The Morgan fingerprint density at radius 2 is 2.00 bits per heavy atom. The van der Waals surface area contributed by atoms with E-state index in [0.717, 1.165) is 29.9 Å². The Hall–Kier alpha value is -1.36. The van der Waals surface area contributed by atoms with Crippen LogP contribution in [0.2, 0.25) is 0 Å². The summed E-state index contributed by atoms with van der Waals surface area (Å²) in [4.78, 5) is 12.2. The lowest BCUT2D eigenvalue weighted by molar-refractivity contribution is -0.123. The molecule has 1 saturated carbocycles. The van der Waals surface area contributed by atoms with Crippen LogP contribution in [-0.2, 0) is 11.3 Å². The van der Waals surface area contributed by atoms with E-state index in [9.17, 15) is 4.79 Å². The molecule has 5 nitrogen and oxygen atoms in total. The summed E-state index contributed by atoms with van der Waals surface area (Å²) in [6.07, 6.45) is 6.41. The van der Waals surface area contributed by atoms with Gasteiger partial charge in [-0.1, -0.05) is 24.4 Å². The predicted molar refractivity (Wildman–Crippen MR) is 77.3 cm³/mol. The van der Waals surface area contributed by atoms with Crippen LogP contribution in [-0.4, -0.2) is 23.7 Å². The maximum Gasteiger partial charge on any atom is 0.222 e. The van der Waals surface area contributed by atoms with E-state index in [4.69, 9.17) is 4.52 Å². The molecule has 0 radical (unpaired) electrons. The fourth-order valence-corrected chi connectivity index (χ4v) is 3.05. The van der Waals surface area contributed by atoms with E-state index >= 15 is 0 Å². The molecule has 0 spiro atoms. The fourth-order valence-electron chi connectivity index (χ4n) is 3.05. The lowest BCUT2D eigenvalue weighted by atomic mass is 9.79. The fraction of sp³-hybridized carbons (Fsp3) is 0.733. The van der Waals surface area contributed by atoms with E-state index < -0.39 is 0 Å². The van der Waals surface area contributed by atoms with Gasteiger partial charge in [-0.05, 0) is 33.7 Å². The number of aryl methyl sites for hydroxylation is 2. The zero-order valence-corrected chi connectivity index (χ0v) is 12.7. The van der Waals surface area contributed by atoms with Crippen LogP contribution in [0.5, 0.6) is 0 Å². The summed E-state index contributed by atoms with van der Waals surface area (Å²) in [6, 6.07) is 0. The lowest BCUT2D eigenvalue weighted by Crippen LogP contribution is -2.48. The average molecular weight is 279 g/mol. The molecule has 112 valence electrons. The average Bonchev–Trinajstić information content (AvgIpc) is 2.77. The molecule has 0 aromatic carbocycles. The van der Waals surface area contributed by atoms with Crippen molar-refractivity contribution in [2.24, 2.45) is 0 Å². The molecule has 1 aromatic rings. The topological polar surface area (TPSA) is 67.2 Å². The molecule has 1 aliphatic rings. The minimum Gasteiger partial charge on any atom is -0.361 e. The van der Waals surface area contributed by atoms with Gasteiger partial charge in [-0.3, -0.25) is 4.79 Å². The molecule has 0 atom stereocenters. The zero-order valence-electron chi connectivity index (χ0n) is 12.7. The highest BCUT2D eigenvalue weighted by Crippen LogP contribution is 2.30. The van der Waals surface area contributed by atoms with Gasteiger partial charge in [0.05, 0.1) is 5.69 Å². The number of nitrogens with zero attached hydrogens (tertiary/aromatic N) is 1. The standard InChI is InChI=1S/C15H25N3O2/c1-11-13(12(2)20-18-11)10-17-14(19)9-15(16-3)7-5-4-6-8-15/h16H,4-10H2,1-3H3,(H,17,19). The number of hydrogen-bond donors (Lipinski definition) is 2. The maximum atomic E-state index is 12.2. The first-order chi connectivity index (χ1) is 9.56. The molecule has 1 heterocycles. The number of hydrogen-bond acceptors (Lipinski definition) is 4. The molecule has 5 heteroatoms. The second kappa shape index (κ2) is 6.39. The minimum absolute atomic E-state index is 0.0128. The van der Waals surface area contributed by atoms with Crippen LogP contribution in [0.25, 0.3) is 0 Å². The molecule has 1 amide bonds. The van der Waals surface area contributed by atoms with Crippen molar-refractivity contribution in [3.8, 4) is 0 Å². The normalized spacial score (nSPS) is 17.9. The van der Waals surface area contributed by atoms with Crippen molar-refractivity contribution in [3.05, 3.63) is 17.0 Å². The molecular formula is C15H25N3O2. The van der Waals surface area contributed by atoms with Gasteiger partial charge in [0.15, 0.2) is 0 Å². The quantitative estimate of drug-likeness (QED) is 0.867. The van der Waals surface area contributed by atoms with E-state index in [1.165, 1.54) is 19.3 Å². The third kappa shape index (κ3) is 3.39. The van der Waals surface area contributed by atoms with Gasteiger partial charge in [-0.25, -0.2) is 0 Å². The van der Waals surface area contributed by atoms with Gasteiger partial charge in [0.25, 0.3) is 0 Å². The van der Waals surface area contributed by atoms with Gasteiger partial charge in [0.1, 0.15) is 5.76 Å². The van der Waals surface area contributed by atoms with Crippen LogP contribution in [0.3, 0.4) is 0 Å².